The van der Waals surface area contributed by atoms with Gasteiger partial charge in [-0.05, 0) is 51.6 Å². The Bertz CT molecular complexity index is 1390. The quantitative estimate of drug-likeness (QED) is 0.135. The second-order valence-corrected chi connectivity index (χ2v) is 10.0. The zero-order valence-corrected chi connectivity index (χ0v) is 22.2. The molecule has 2 nitrogen and oxygen atoms in total. The first kappa shape index (κ1) is 26.1. The first-order valence-electron chi connectivity index (χ1n) is 11.4. The number of aromatic nitrogens is 2. The number of thiazole rings is 1. The number of benzene rings is 3. The first-order valence-corrected chi connectivity index (χ1v) is 12.2. The number of aryl methyl sites for hydroxylation is 1. The molecule has 0 aliphatic rings. The maximum atomic E-state index is 13.4. The van der Waals surface area contributed by atoms with E-state index in [1.807, 2.05) is 30.3 Å². The molecule has 0 unspecified atom stereocenters. The van der Waals surface area contributed by atoms with Crippen molar-refractivity contribution in [2.75, 3.05) is 0 Å². The van der Waals surface area contributed by atoms with Crippen molar-refractivity contribution in [1.82, 2.24) is 4.98 Å². The summed E-state index contributed by atoms with van der Waals surface area (Å²) in [6.07, 6.45) is 0. The van der Waals surface area contributed by atoms with E-state index < -0.39 is 0 Å². The van der Waals surface area contributed by atoms with Crippen molar-refractivity contribution in [1.29, 1.82) is 0 Å². The molecule has 2 aromatic heterocycles. The van der Waals surface area contributed by atoms with Crippen LogP contribution in [0, 0.1) is 25.2 Å². The Morgan fingerprint density at radius 2 is 1.41 bits per heavy atom. The maximum Gasteiger partial charge on any atom is 2.00 e. The zero-order valence-electron chi connectivity index (χ0n) is 20.4. The van der Waals surface area contributed by atoms with Gasteiger partial charge in [-0.15, -0.1) is 5.52 Å². The average molecular weight is 521 g/mol. The van der Waals surface area contributed by atoms with Crippen LogP contribution in [-0.2, 0) is 17.1 Å². The predicted molar refractivity (Wildman–Crippen MR) is 137 cm³/mol. The van der Waals surface area contributed by atoms with Crippen LogP contribution in [0.4, 0.5) is 4.39 Å². The summed E-state index contributed by atoms with van der Waals surface area (Å²) in [7, 11) is 0. The molecule has 179 valence electrons. The van der Waals surface area contributed by atoms with Crippen LogP contribution in [0.1, 0.15) is 61.2 Å². The molecule has 0 N–H and O–H groups in total. The first-order chi connectivity index (χ1) is 15.8. The summed E-state index contributed by atoms with van der Waals surface area (Å²) in [6.45, 7) is 13.4. The third-order valence-corrected chi connectivity index (χ3v) is 6.99. The SMILES string of the molecule is Cc1s[c-][n+](-c2c(C(C)C)cccc2C(C)C)c1C.Fc1cccc2c1[n-]c1ccccc12.[Cu+2]. The fraction of sp³-hybridized carbons (Fsp3) is 0.276. The molecular formula is C29H30CuFN2S+. The Morgan fingerprint density at radius 1 is 0.824 bits per heavy atom. The fourth-order valence-electron chi connectivity index (χ4n) is 4.16. The van der Waals surface area contributed by atoms with Crippen molar-refractivity contribution in [3.05, 3.63) is 93.7 Å². The summed E-state index contributed by atoms with van der Waals surface area (Å²) in [5.74, 6) is 0.794. The van der Waals surface area contributed by atoms with E-state index >= 15 is 0 Å². The molecule has 0 fully saturated rings. The van der Waals surface area contributed by atoms with E-state index in [2.05, 4.69) is 74.8 Å². The molecule has 0 atom stereocenters. The van der Waals surface area contributed by atoms with Crippen LogP contribution in [0.5, 0.6) is 0 Å². The van der Waals surface area contributed by atoms with Crippen molar-refractivity contribution in [3.63, 3.8) is 0 Å². The third kappa shape index (κ3) is 4.98. The van der Waals surface area contributed by atoms with E-state index in [1.54, 1.807) is 17.4 Å². The molecule has 0 aliphatic carbocycles. The Kier molecular flexibility index (Phi) is 8.35. The molecular weight excluding hydrogens is 491 g/mol. The summed E-state index contributed by atoms with van der Waals surface area (Å²) < 4.78 is 15.6. The number of para-hydroxylation sites is 3. The summed E-state index contributed by atoms with van der Waals surface area (Å²) >= 11 is 1.70. The smallest absolute Gasteiger partial charge is 0.654 e. The minimum absolute atomic E-state index is 0. The molecule has 1 radical (unpaired) electrons. The van der Waals surface area contributed by atoms with Gasteiger partial charge in [-0.3, -0.25) is 4.57 Å². The molecule has 3 aromatic carbocycles. The van der Waals surface area contributed by atoms with Gasteiger partial charge in [0.25, 0.3) is 0 Å². The molecule has 0 aliphatic heterocycles. The van der Waals surface area contributed by atoms with Crippen LogP contribution in [0.2, 0.25) is 0 Å². The van der Waals surface area contributed by atoms with Crippen LogP contribution in [0.25, 0.3) is 27.5 Å². The number of nitrogens with zero attached hydrogens (tertiary/aromatic N) is 2. The van der Waals surface area contributed by atoms with E-state index in [0.717, 1.165) is 16.3 Å². The summed E-state index contributed by atoms with van der Waals surface area (Å²) in [6, 6.07) is 19.4. The number of hydrogen-bond donors (Lipinski definition) is 0. The standard InChI is InChI=1S/C17H23NS.C12H7FN.Cu/c1-11(2)15-8-7-9-16(12(3)4)17(15)18-10-19-14(6)13(18)5;13-10-6-3-5-9-8-4-1-2-7-11(8)14-12(9)10;/h7-9,11-12H,1-6H3;1-7H;/q;-1;+2. The Morgan fingerprint density at radius 3 is 2.00 bits per heavy atom. The minimum atomic E-state index is -0.251. The maximum absolute atomic E-state index is 13.4. The number of fused-ring (bicyclic) bond motifs is 3. The largest absolute Gasteiger partial charge is 2.00 e. The summed E-state index contributed by atoms with van der Waals surface area (Å²) in [5, 5.41) is 1.91. The van der Waals surface area contributed by atoms with E-state index in [4.69, 9.17) is 0 Å². The van der Waals surface area contributed by atoms with Gasteiger partial charge >= 0.3 is 17.1 Å². The number of hydrogen-bond acceptors (Lipinski definition) is 1. The van der Waals surface area contributed by atoms with E-state index in [9.17, 15) is 4.39 Å². The van der Waals surface area contributed by atoms with Crippen molar-refractivity contribution >= 4 is 33.1 Å². The summed E-state index contributed by atoms with van der Waals surface area (Å²) in [5.41, 5.74) is 10.2. The number of halogens is 1. The van der Waals surface area contributed by atoms with Crippen molar-refractivity contribution in [2.45, 2.75) is 53.4 Å². The van der Waals surface area contributed by atoms with Gasteiger partial charge in [0.1, 0.15) is 11.5 Å². The van der Waals surface area contributed by atoms with Gasteiger partial charge in [-0.25, -0.2) is 4.39 Å². The zero-order chi connectivity index (χ0) is 23.7. The fourth-order valence-corrected chi connectivity index (χ4v) is 4.86. The van der Waals surface area contributed by atoms with Crippen molar-refractivity contribution in [2.24, 2.45) is 0 Å². The Hall–Kier alpha value is -2.46. The molecule has 0 saturated carbocycles. The van der Waals surface area contributed by atoms with Gasteiger partial charge in [0.05, 0.1) is 5.69 Å². The second kappa shape index (κ2) is 10.9. The van der Waals surface area contributed by atoms with Gasteiger partial charge in [0.15, 0.2) is 0 Å². The molecule has 0 amide bonds. The van der Waals surface area contributed by atoms with Crippen molar-refractivity contribution in [3.8, 4) is 5.69 Å². The molecule has 5 rings (SSSR count). The van der Waals surface area contributed by atoms with Crippen LogP contribution >= 0.6 is 11.3 Å². The van der Waals surface area contributed by atoms with Crippen LogP contribution in [-0.4, -0.2) is 0 Å². The third-order valence-electron chi connectivity index (χ3n) is 6.11. The molecule has 5 heteroatoms. The van der Waals surface area contributed by atoms with Crippen LogP contribution in [0.3, 0.4) is 0 Å². The molecule has 0 spiro atoms. The van der Waals surface area contributed by atoms with E-state index in [0.29, 0.717) is 17.4 Å². The van der Waals surface area contributed by atoms with Gasteiger partial charge < -0.3 is 4.98 Å². The van der Waals surface area contributed by atoms with E-state index in [-0.39, 0.29) is 22.9 Å². The van der Waals surface area contributed by atoms with Gasteiger partial charge in [0, 0.05) is 0 Å². The molecule has 34 heavy (non-hydrogen) atoms. The van der Waals surface area contributed by atoms with Gasteiger partial charge in [0.2, 0.25) is 5.51 Å². The van der Waals surface area contributed by atoms with Gasteiger partial charge in [-0.2, -0.15) is 11.3 Å². The Labute approximate surface area is 216 Å². The molecule has 5 aromatic rings. The minimum Gasteiger partial charge on any atom is -0.654 e. The second-order valence-electron chi connectivity index (χ2n) is 9.03. The average Bonchev–Trinajstić information content (AvgIpc) is 3.34. The van der Waals surface area contributed by atoms with Crippen molar-refractivity contribution < 1.29 is 26.0 Å². The molecule has 0 saturated heterocycles. The molecule has 2 heterocycles. The normalized spacial score (nSPS) is 11.1. The van der Waals surface area contributed by atoms with E-state index in [1.165, 1.54) is 33.5 Å². The monoisotopic (exact) mass is 520 g/mol. The summed E-state index contributed by atoms with van der Waals surface area (Å²) in [4.78, 5) is 5.58. The molecule has 0 bridgehead atoms. The Balaban J connectivity index is 0.000000192. The number of rotatable bonds is 3. The topological polar surface area (TPSA) is 18.0 Å². The van der Waals surface area contributed by atoms with Crippen LogP contribution in [0.15, 0.2) is 60.7 Å². The predicted octanol–water partition coefficient (Wildman–Crippen LogP) is 7.78. The van der Waals surface area contributed by atoms with Crippen LogP contribution < -0.4 is 9.55 Å². The van der Waals surface area contributed by atoms with Gasteiger partial charge in [-0.1, -0.05) is 94.7 Å².